The Morgan fingerprint density at radius 2 is 1.31 bits per heavy atom. The first-order valence-corrected chi connectivity index (χ1v) is 11.7. The van der Waals surface area contributed by atoms with Gasteiger partial charge in [-0.3, -0.25) is 0 Å². The molecule has 0 radical (unpaired) electrons. The summed E-state index contributed by atoms with van der Waals surface area (Å²) in [5.74, 6) is -0.660. The molecule has 0 aliphatic rings. The summed E-state index contributed by atoms with van der Waals surface area (Å²) in [6.45, 7) is 3.66. The summed E-state index contributed by atoms with van der Waals surface area (Å²) in [5.41, 5.74) is 0. The normalized spacial score (nSPS) is 14.0. The Morgan fingerprint density at radius 1 is 0.885 bits per heavy atom. The third-order valence-electron chi connectivity index (χ3n) is 4.48. The van der Waals surface area contributed by atoms with Crippen molar-refractivity contribution in [3.05, 3.63) is 0 Å². The molecule has 152 valence electrons. The predicted molar refractivity (Wildman–Crippen MR) is 102 cm³/mol. The van der Waals surface area contributed by atoms with Crippen molar-refractivity contribution >= 4 is 10.1 Å². The summed E-state index contributed by atoms with van der Waals surface area (Å²) in [6.07, 6.45) is 15.3. The van der Waals surface area contributed by atoms with E-state index in [9.17, 15) is 13.0 Å². The van der Waals surface area contributed by atoms with Crippen LogP contribution in [0.2, 0.25) is 0 Å². The Labute approximate surface area is 183 Å². The van der Waals surface area contributed by atoms with E-state index in [-0.39, 0.29) is 35.7 Å². The van der Waals surface area contributed by atoms with Gasteiger partial charge in [-0.1, -0.05) is 84.0 Å². The van der Waals surface area contributed by atoms with Gasteiger partial charge in [0.1, 0.15) is 0 Å². The maximum atomic E-state index is 10.7. The van der Waals surface area contributed by atoms with E-state index in [4.69, 9.17) is 9.84 Å². The Bertz CT molecular complexity index is 389. The van der Waals surface area contributed by atoms with E-state index in [1.165, 1.54) is 64.2 Å². The van der Waals surface area contributed by atoms with E-state index in [0.29, 0.717) is 0 Å². The molecule has 0 amide bonds. The van der Waals surface area contributed by atoms with E-state index >= 15 is 0 Å². The zero-order chi connectivity index (χ0) is 19.0. The molecule has 5 nitrogen and oxygen atoms in total. The molecular formula is C19H39NaO5S. The number of rotatable bonds is 18. The number of ether oxygens (including phenoxy) is 1. The van der Waals surface area contributed by atoms with Crippen LogP contribution in [-0.2, 0) is 14.9 Å². The van der Waals surface area contributed by atoms with Crippen LogP contribution in [0.25, 0.3) is 0 Å². The van der Waals surface area contributed by atoms with Gasteiger partial charge in [-0.25, -0.2) is 8.42 Å². The first-order chi connectivity index (χ1) is 11.9. The van der Waals surface area contributed by atoms with Crippen molar-refractivity contribution < 1.29 is 52.4 Å². The van der Waals surface area contributed by atoms with E-state index in [1.807, 2.05) is 6.92 Å². The van der Waals surface area contributed by atoms with Gasteiger partial charge in [-0.05, 0) is 13.3 Å². The number of hydrogen-bond donors (Lipinski definition) is 1. The average Bonchev–Trinajstić information content (AvgIpc) is 2.54. The van der Waals surface area contributed by atoms with Gasteiger partial charge in [0, 0.05) is 0 Å². The minimum Gasteiger partial charge on any atom is -0.748 e. The van der Waals surface area contributed by atoms with Crippen LogP contribution in [0.15, 0.2) is 0 Å². The van der Waals surface area contributed by atoms with E-state index < -0.39 is 28.6 Å². The van der Waals surface area contributed by atoms with Gasteiger partial charge in [0.15, 0.2) is 0 Å². The van der Waals surface area contributed by atoms with Crippen molar-refractivity contribution in [3.63, 3.8) is 0 Å². The molecule has 0 aromatic carbocycles. The number of aliphatic hydroxyl groups is 1. The van der Waals surface area contributed by atoms with Gasteiger partial charge in [-0.15, -0.1) is 0 Å². The second kappa shape index (κ2) is 19.2. The molecule has 1 N–H and O–H groups in total. The fraction of sp³-hybridized carbons (Fsp3) is 1.00. The largest absolute Gasteiger partial charge is 1.00 e. The molecule has 2 unspecified atom stereocenters. The second-order valence-corrected chi connectivity index (χ2v) is 8.60. The van der Waals surface area contributed by atoms with Crippen molar-refractivity contribution in [3.8, 4) is 0 Å². The van der Waals surface area contributed by atoms with Crippen molar-refractivity contribution in [2.75, 3.05) is 12.4 Å². The maximum Gasteiger partial charge on any atom is 1.00 e. The fourth-order valence-corrected chi connectivity index (χ4v) is 3.67. The van der Waals surface area contributed by atoms with Crippen molar-refractivity contribution in [2.24, 2.45) is 0 Å². The molecule has 0 aliphatic heterocycles. The summed E-state index contributed by atoms with van der Waals surface area (Å²) < 4.78 is 37.6. The molecule has 0 saturated carbocycles. The third kappa shape index (κ3) is 21.1. The predicted octanol–water partition coefficient (Wildman–Crippen LogP) is 1.39. The third-order valence-corrected chi connectivity index (χ3v) is 5.26. The van der Waals surface area contributed by atoms with Crippen molar-refractivity contribution in [1.29, 1.82) is 0 Å². The van der Waals surface area contributed by atoms with Crippen molar-refractivity contribution in [2.45, 2.75) is 110 Å². The van der Waals surface area contributed by atoms with Gasteiger partial charge in [0.25, 0.3) is 0 Å². The van der Waals surface area contributed by atoms with Crippen LogP contribution in [0.3, 0.4) is 0 Å². The summed E-state index contributed by atoms with van der Waals surface area (Å²) in [4.78, 5) is 0. The minimum absolute atomic E-state index is 0. The Balaban J connectivity index is 0. The molecule has 0 aromatic rings. The number of hydrogen-bond acceptors (Lipinski definition) is 5. The SMILES string of the molecule is CCCCCCCCCCCCCCC(C)OC(CO)CS(=O)(=O)[O-].[Na+]. The van der Waals surface area contributed by atoms with Crippen LogP contribution in [0.4, 0.5) is 0 Å². The van der Waals surface area contributed by atoms with Gasteiger partial charge < -0.3 is 14.4 Å². The van der Waals surface area contributed by atoms with Crippen LogP contribution in [0.5, 0.6) is 0 Å². The van der Waals surface area contributed by atoms with Crippen LogP contribution >= 0.6 is 0 Å². The van der Waals surface area contributed by atoms with Gasteiger partial charge in [0.2, 0.25) is 0 Å². The fourth-order valence-electron chi connectivity index (χ4n) is 3.03. The molecule has 26 heavy (non-hydrogen) atoms. The molecule has 2 atom stereocenters. The zero-order valence-electron chi connectivity index (χ0n) is 17.2. The topological polar surface area (TPSA) is 86.7 Å². The number of aliphatic hydroxyl groups excluding tert-OH is 1. The molecule has 0 heterocycles. The number of unbranched alkanes of at least 4 members (excludes halogenated alkanes) is 11. The van der Waals surface area contributed by atoms with Gasteiger partial charge in [0.05, 0.1) is 34.7 Å². The first kappa shape index (κ1) is 29.0. The van der Waals surface area contributed by atoms with Gasteiger partial charge >= 0.3 is 29.6 Å². The molecular weight excluding hydrogens is 363 g/mol. The molecule has 0 fully saturated rings. The van der Waals surface area contributed by atoms with Gasteiger partial charge in [-0.2, -0.15) is 0 Å². The van der Waals surface area contributed by atoms with E-state index in [0.717, 1.165) is 19.3 Å². The molecule has 0 saturated heterocycles. The first-order valence-electron chi connectivity index (χ1n) is 10.1. The molecule has 0 rings (SSSR count). The Kier molecular flexibility index (Phi) is 21.4. The van der Waals surface area contributed by atoms with Crippen LogP contribution in [0, 0.1) is 0 Å². The monoisotopic (exact) mass is 402 g/mol. The summed E-state index contributed by atoms with van der Waals surface area (Å²) in [6, 6.07) is 0. The Morgan fingerprint density at radius 3 is 1.69 bits per heavy atom. The zero-order valence-corrected chi connectivity index (χ0v) is 20.1. The standard InChI is InChI=1S/C19H40O5S.Na/c1-3-4-5-6-7-8-9-10-11-12-13-14-15-18(2)24-19(16-20)17-25(21,22)23;/h18-20H,3-17H2,1-2H3,(H,21,22,23);/q;+1/p-1. The van der Waals surface area contributed by atoms with Crippen molar-refractivity contribution in [1.82, 2.24) is 0 Å². The van der Waals surface area contributed by atoms with E-state index in [2.05, 4.69) is 6.92 Å². The summed E-state index contributed by atoms with van der Waals surface area (Å²) in [5, 5.41) is 9.08. The molecule has 0 spiro atoms. The Hall–Kier alpha value is 0.830. The van der Waals surface area contributed by atoms with Crippen LogP contribution < -0.4 is 29.6 Å². The summed E-state index contributed by atoms with van der Waals surface area (Å²) in [7, 11) is -4.36. The van der Waals surface area contributed by atoms with Crippen LogP contribution in [-0.4, -0.2) is 42.6 Å². The molecule has 0 aromatic heterocycles. The molecule has 7 heteroatoms. The van der Waals surface area contributed by atoms with E-state index in [1.54, 1.807) is 0 Å². The molecule has 0 bridgehead atoms. The minimum atomic E-state index is -4.36. The quantitative estimate of drug-likeness (QED) is 0.213. The van der Waals surface area contributed by atoms with Crippen LogP contribution in [0.1, 0.15) is 97.3 Å². The average molecular weight is 403 g/mol. The summed E-state index contributed by atoms with van der Waals surface area (Å²) >= 11 is 0. The molecule has 0 aliphatic carbocycles. The second-order valence-electron chi connectivity index (χ2n) is 7.15. The smallest absolute Gasteiger partial charge is 0.748 e. The maximum absolute atomic E-state index is 10.7.